The zero-order chi connectivity index (χ0) is 7.98. The van der Waals surface area contributed by atoms with Crippen molar-refractivity contribution >= 4 is 0 Å². The number of nitrogens with two attached hydrogens (primary N) is 1. The molecule has 10 heavy (non-hydrogen) atoms. The Labute approximate surface area is 64.4 Å². The molecule has 0 spiro atoms. The van der Waals surface area contributed by atoms with E-state index in [1.807, 2.05) is 19.0 Å². The molecule has 61 valence electrons. The number of hydrogen-bond acceptors (Lipinski definition) is 2. The molecule has 0 aliphatic carbocycles. The summed E-state index contributed by atoms with van der Waals surface area (Å²) in [7, 11) is 4.02. The lowest BCUT2D eigenvalue weighted by atomic mass is 10.2. The van der Waals surface area contributed by atoms with Gasteiger partial charge in [-0.2, -0.15) is 0 Å². The van der Waals surface area contributed by atoms with Crippen LogP contribution in [0.1, 0.15) is 25.7 Å². The van der Waals surface area contributed by atoms with E-state index in [-0.39, 0.29) is 6.17 Å². The Hall–Kier alpha value is -0.0800. The van der Waals surface area contributed by atoms with Gasteiger partial charge in [-0.3, -0.25) is 4.90 Å². The standard InChI is InChI=1S/C8H19N2/c1-4-5-6-7-8(9)10(2)3/h8H,1,4-7,9H2,2-3H3. The fourth-order valence-corrected chi connectivity index (χ4v) is 0.788. The van der Waals surface area contributed by atoms with Crippen molar-refractivity contribution in [2.75, 3.05) is 14.1 Å². The number of hydrogen-bond donors (Lipinski definition) is 1. The molecule has 0 aromatic heterocycles. The van der Waals surface area contributed by atoms with E-state index in [9.17, 15) is 0 Å². The molecule has 0 bridgehead atoms. The molecule has 0 rings (SSSR count). The van der Waals surface area contributed by atoms with Crippen molar-refractivity contribution in [1.29, 1.82) is 0 Å². The molecule has 1 radical (unpaired) electrons. The summed E-state index contributed by atoms with van der Waals surface area (Å²) < 4.78 is 0. The Bertz CT molecular complexity index is 71.7. The summed E-state index contributed by atoms with van der Waals surface area (Å²) in [5.74, 6) is 0. The van der Waals surface area contributed by atoms with Crippen LogP contribution >= 0.6 is 0 Å². The third-order valence-electron chi connectivity index (χ3n) is 1.66. The summed E-state index contributed by atoms with van der Waals surface area (Å²) in [6.45, 7) is 3.77. The number of unbranched alkanes of at least 4 members (excludes halogenated alkanes) is 2. The Kier molecular flexibility index (Phi) is 5.64. The molecule has 2 N–H and O–H groups in total. The topological polar surface area (TPSA) is 29.3 Å². The fraction of sp³-hybridized carbons (Fsp3) is 0.875. The van der Waals surface area contributed by atoms with Crippen LogP contribution < -0.4 is 5.73 Å². The van der Waals surface area contributed by atoms with Gasteiger partial charge in [0.2, 0.25) is 0 Å². The molecule has 2 heteroatoms. The van der Waals surface area contributed by atoms with Crippen LogP contribution in [0.4, 0.5) is 0 Å². The molecule has 1 unspecified atom stereocenters. The number of nitrogens with zero attached hydrogens (tertiary/aromatic N) is 1. The maximum atomic E-state index is 5.76. The van der Waals surface area contributed by atoms with Crippen LogP contribution in [0.2, 0.25) is 0 Å². The zero-order valence-corrected chi connectivity index (χ0v) is 7.14. The summed E-state index contributed by atoms with van der Waals surface area (Å²) >= 11 is 0. The van der Waals surface area contributed by atoms with E-state index in [1.165, 1.54) is 12.8 Å². The van der Waals surface area contributed by atoms with Crippen LogP contribution in [0.15, 0.2) is 0 Å². The molecule has 0 amide bonds. The Morgan fingerprint density at radius 1 is 1.40 bits per heavy atom. The van der Waals surface area contributed by atoms with Crippen molar-refractivity contribution in [3.05, 3.63) is 6.92 Å². The monoisotopic (exact) mass is 143 g/mol. The normalized spacial score (nSPS) is 14.1. The average Bonchev–Trinajstić information content (AvgIpc) is 1.88. The second-order valence-corrected chi connectivity index (χ2v) is 2.88. The van der Waals surface area contributed by atoms with E-state index in [1.54, 1.807) is 0 Å². The molecule has 0 aromatic rings. The van der Waals surface area contributed by atoms with Crippen molar-refractivity contribution in [2.24, 2.45) is 5.73 Å². The maximum absolute atomic E-state index is 5.76. The van der Waals surface area contributed by atoms with Crippen molar-refractivity contribution in [2.45, 2.75) is 31.8 Å². The molecule has 0 aromatic carbocycles. The average molecular weight is 143 g/mol. The molecule has 0 saturated heterocycles. The third-order valence-corrected chi connectivity index (χ3v) is 1.66. The second-order valence-electron chi connectivity index (χ2n) is 2.88. The van der Waals surface area contributed by atoms with Gasteiger partial charge in [0.15, 0.2) is 0 Å². The Balaban J connectivity index is 3.13. The van der Waals surface area contributed by atoms with Gasteiger partial charge in [0.05, 0.1) is 6.17 Å². The minimum Gasteiger partial charge on any atom is -0.316 e. The van der Waals surface area contributed by atoms with Crippen molar-refractivity contribution in [3.8, 4) is 0 Å². The molecular weight excluding hydrogens is 124 g/mol. The van der Waals surface area contributed by atoms with E-state index in [2.05, 4.69) is 6.92 Å². The zero-order valence-electron chi connectivity index (χ0n) is 7.14. The van der Waals surface area contributed by atoms with Gasteiger partial charge in [-0.05, 0) is 20.5 Å². The number of rotatable bonds is 5. The minimum atomic E-state index is 0.228. The molecule has 1 atom stereocenters. The molecule has 0 heterocycles. The van der Waals surface area contributed by atoms with Gasteiger partial charge < -0.3 is 5.73 Å². The quantitative estimate of drug-likeness (QED) is 0.463. The van der Waals surface area contributed by atoms with Crippen LogP contribution in [0.25, 0.3) is 0 Å². The Morgan fingerprint density at radius 3 is 2.40 bits per heavy atom. The highest BCUT2D eigenvalue weighted by Gasteiger charge is 2.02. The fourth-order valence-electron chi connectivity index (χ4n) is 0.788. The van der Waals surface area contributed by atoms with Crippen LogP contribution in [0.5, 0.6) is 0 Å². The molecular formula is C8H19N2. The molecule has 0 fully saturated rings. The van der Waals surface area contributed by atoms with Gasteiger partial charge >= 0.3 is 0 Å². The summed E-state index contributed by atoms with van der Waals surface area (Å²) in [6, 6.07) is 0. The summed E-state index contributed by atoms with van der Waals surface area (Å²) in [5, 5.41) is 0. The van der Waals surface area contributed by atoms with Gasteiger partial charge in [-0.1, -0.05) is 26.2 Å². The van der Waals surface area contributed by atoms with E-state index in [0.29, 0.717) is 0 Å². The highest BCUT2D eigenvalue weighted by atomic mass is 15.2. The highest BCUT2D eigenvalue weighted by molar-refractivity contribution is 4.57. The summed E-state index contributed by atoms with van der Waals surface area (Å²) in [4.78, 5) is 2.04. The van der Waals surface area contributed by atoms with Gasteiger partial charge in [0, 0.05) is 0 Å². The van der Waals surface area contributed by atoms with Crippen LogP contribution in [-0.2, 0) is 0 Å². The molecule has 0 aliphatic rings. The predicted molar refractivity (Wildman–Crippen MR) is 45.5 cm³/mol. The Morgan fingerprint density at radius 2 is 2.00 bits per heavy atom. The van der Waals surface area contributed by atoms with Crippen LogP contribution in [0, 0.1) is 6.92 Å². The first-order chi connectivity index (χ1) is 4.68. The van der Waals surface area contributed by atoms with Gasteiger partial charge in [-0.25, -0.2) is 0 Å². The molecule has 0 aliphatic heterocycles. The van der Waals surface area contributed by atoms with E-state index >= 15 is 0 Å². The highest BCUT2D eigenvalue weighted by Crippen LogP contribution is 2.02. The van der Waals surface area contributed by atoms with Gasteiger partial charge in [0.1, 0.15) is 0 Å². The molecule has 2 nitrogen and oxygen atoms in total. The predicted octanol–water partition coefficient (Wildman–Crippen LogP) is 1.23. The maximum Gasteiger partial charge on any atom is 0.0566 e. The molecule has 0 saturated carbocycles. The lowest BCUT2D eigenvalue weighted by Gasteiger charge is -2.18. The third kappa shape index (κ3) is 4.77. The van der Waals surface area contributed by atoms with Crippen molar-refractivity contribution in [3.63, 3.8) is 0 Å². The van der Waals surface area contributed by atoms with E-state index < -0.39 is 0 Å². The summed E-state index contributed by atoms with van der Waals surface area (Å²) in [5.41, 5.74) is 5.76. The first-order valence-electron chi connectivity index (χ1n) is 3.89. The first-order valence-corrected chi connectivity index (χ1v) is 3.89. The minimum absolute atomic E-state index is 0.228. The smallest absolute Gasteiger partial charge is 0.0566 e. The van der Waals surface area contributed by atoms with Crippen LogP contribution in [-0.4, -0.2) is 25.2 Å². The lowest BCUT2D eigenvalue weighted by Crippen LogP contribution is -2.35. The SMILES string of the molecule is [CH2]CCCCC(N)N(C)C. The van der Waals surface area contributed by atoms with Crippen molar-refractivity contribution in [1.82, 2.24) is 4.90 Å². The van der Waals surface area contributed by atoms with Crippen molar-refractivity contribution < 1.29 is 0 Å². The van der Waals surface area contributed by atoms with E-state index in [4.69, 9.17) is 5.73 Å². The summed E-state index contributed by atoms with van der Waals surface area (Å²) in [6.07, 6.45) is 4.74. The van der Waals surface area contributed by atoms with Crippen LogP contribution in [0.3, 0.4) is 0 Å². The van der Waals surface area contributed by atoms with E-state index in [0.717, 1.165) is 12.8 Å². The first kappa shape index (κ1) is 9.92. The van der Waals surface area contributed by atoms with Gasteiger partial charge in [0.25, 0.3) is 0 Å². The van der Waals surface area contributed by atoms with Gasteiger partial charge in [-0.15, -0.1) is 0 Å². The lowest BCUT2D eigenvalue weighted by molar-refractivity contribution is 0.279. The second kappa shape index (κ2) is 5.69. The largest absolute Gasteiger partial charge is 0.316 e.